The van der Waals surface area contributed by atoms with Crippen LogP contribution in [0.2, 0.25) is 0 Å². The molecular formula is C25H21FN4O3S. The Hall–Kier alpha value is -3.98. The lowest BCUT2D eigenvalue weighted by molar-refractivity contribution is -0.119. The molecule has 1 heterocycles. The molecule has 0 radical (unpaired) electrons. The highest BCUT2D eigenvalue weighted by Gasteiger charge is 2.19. The van der Waals surface area contributed by atoms with Crippen molar-refractivity contribution >= 4 is 34.5 Å². The van der Waals surface area contributed by atoms with E-state index < -0.39 is 17.6 Å². The van der Waals surface area contributed by atoms with Crippen molar-refractivity contribution in [3.63, 3.8) is 0 Å². The maximum Gasteiger partial charge on any atom is 0.272 e. The third-order valence-corrected chi connectivity index (χ3v) is 6.16. The number of carbonyl (C=O) groups is 2. The summed E-state index contributed by atoms with van der Waals surface area (Å²) < 4.78 is 15.3. The molecule has 0 fully saturated rings. The number of halogens is 1. The van der Waals surface area contributed by atoms with Crippen LogP contribution in [0.4, 0.5) is 4.39 Å². The van der Waals surface area contributed by atoms with Gasteiger partial charge in [0, 0.05) is 0 Å². The molecule has 4 aromatic rings. The summed E-state index contributed by atoms with van der Waals surface area (Å²) in [5, 5.41) is 0.854. The Morgan fingerprint density at radius 2 is 1.65 bits per heavy atom. The second-order valence-electron chi connectivity index (χ2n) is 7.44. The monoisotopic (exact) mass is 476 g/mol. The minimum absolute atomic E-state index is 0.121. The first kappa shape index (κ1) is 23.2. The lowest BCUT2D eigenvalue weighted by atomic mass is 10.1. The second kappa shape index (κ2) is 10.3. The van der Waals surface area contributed by atoms with Crippen molar-refractivity contribution in [2.75, 3.05) is 5.75 Å². The van der Waals surface area contributed by atoms with Crippen molar-refractivity contribution in [2.45, 2.75) is 18.1 Å². The van der Waals surface area contributed by atoms with Crippen molar-refractivity contribution in [1.82, 2.24) is 20.4 Å². The molecule has 3 aromatic carbocycles. The molecule has 0 saturated carbocycles. The van der Waals surface area contributed by atoms with Gasteiger partial charge in [0.25, 0.3) is 11.5 Å². The van der Waals surface area contributed by atoms with Gasteiger partial charge in [0.05, 0.1) is 28.3 Å². The standard InChI is InChI=1S/C25H21FN4O3S/c1-16(17-9-3-2-4-10-17)30-24(33)19-12-6-8-14-21(19)27-25(30)34-15-22(31)28-29-23(32)18-11-5-7-13-20(18)26/h2-14,16H,15H2,1H3,(H,28,31)(H,29,32). The van der Waals surface area contributed by atoms with Crippen LogP contribution in [-0.4, -0.2) is 27.1 Å². The van der Waals surface area contributed by atoms with Crippen LogP contribution in [0, 0.1) is 5.82 Å². The third-order valence-electron chi connectivity index (χ3n) is 5.21. The molecule has 2 N–H and O–H groups in total. The summed E-state index contributed by atoms with van der Waals surface area (Å²) in [5.74, 6) is -2.11. The van der Waals surface area contributed by atoms with Gasteiger partial charge in [-0.3, -0.25) is 29.8 Å². The second-order valence-corrected chi connectivity index (χ2v) is 8.39. The first-order chi connectivity index (χ1) is 16.5. The molecule has 0 aliphatic carbocycles. The van der Waals surface area contributed by atoms with E-state index in [0.717, 1.165) is 23.4 Å². The Labute approximate surface area is 199 Å². The van der Waals surface area contributed by atoms with Gasteiger partial charge in [-0.05, 0) is 36.8 Å². The molecule has 7 nitrogen and oxygen atoms in total. The first-order valence-corrected chi connectivity index (χ1v) is 11.5. The highest BCUT2D eigenvalue weighted by Crippen LogP contribution is 2.24. The van der Waals surface area contributed by atoms with Gasteiger partial charge in [0.2, 0.25) is 5.91 Å². The number of nitrogens with zero attached hydrogens (tertiary/aromatic N) is 2. The van der Waals surface area contributed by atoms with Gasteiger partial charge in [-0.2, -0.15) is 0 Å². The molecule has 0 aliphatic rings. The zero-order valence-electron chi connectivity index (χ0n) is 18.2. The number of carbonyl (C=O) groups excluding carboxylic acids is 2. The Kier molecular flexibility index (Phi) is 7.03. The average Bonchev–Trinajstić information content (AvgIpc) is 2.86. The molecule has 34 heavy (non-hydrogen) atoms. The fourth-order valence-corrected chi connectivity index (χ4v) is 4.33. The number of aromatic nitrogens is 2. The molecule has 1 aromatic heterocycles. The van der Waals surface area contributed by atoms with Crippen LogP contribution in [0.1, 0.15) is 28.9 Å². The Bertz CT molecular complexity index is 1410. The smallest absolute Gasteiger partial charge is 0.272 e. The van der Waals surface area contributed by atoms with E-state index in [-0.39, 0.29) is 22.9 Å². The molecule has 9 heteroatoms. The topological polar surface area (TPSA) is 93.1 Å². The quantitative estimate of drug-likeness (QED) is 0.252. The summed E-state index contributed by atoms with van der Waals surface area (Å²) in [5.41, 5.74) is 5.52. The molecule has 0 saturated heterocycles. The minimum Gasteiger partial charge on any atom is -0.280 e. The number of rotatable bonds is 6. The summed E-state index contributed by atoms with van der Waals surface area (Å²) >= 11 is 1.07. The van der Waals surface area contributed by atoms with E-state index in [1.807, 2.05) is 37.3 Å². The van der Waals surface area contributed by atoms with E-state index in [9.17, 15) is 18.8 Å². The number of hydrazine groups is 1. The van der Waals surface area contributed by atoms with Gasteiger partial charge in [-0.1, -0.05) is 66.4 Å². The van der Waals surface area contributed by atoms with E-state index in [2.05, 4.69) is 15.8 Å². The fourth-order valence-electron chi connectivity index (χ4n) is 3.45. The van der Waals surface area contributed by atoms with Crippen LogP contribution in [0.3, 0.4) is 0 Å². The molecule has 0 aliphatic heterocycles. The Balaban J connectivity index is 1.54. The van der Waals surface area contributed by atoms with Crippen molar-refractivity contribution in [1.29, 1.82) is 0 Å². The summed E-state index contributed by atoms with van der Waals surface area (Å²) in [6.45, 7) is 1.89. The predicted octanol–water partition coefficient (Wildman–Crippen LogP) is 3.70. The number of thioether (sulfide) groups is 1. The SMILES string of the molecule is CC(c1ccccc1)n1c(SCC(=O)NNC(=O)c2ccccc2F)nc2ccccc2c1=O. The number of amides is 2. The first-order valence-electron chi connectivity index (χ1n) is 10.5. The van der Waals surface area contributed by atoms with Gasteiger partial charge >= 0.3 is 0 Å². The highest BCUT2D eigenvalue weighted by atomic mass is 32.2. The van der Waals surface area contributed by atoms with Crippen molar-refractivity contribution in [3.8, 4) is 0 Å². The van der Waals surface area contributed by atoms with Crippen LogP contribution in [-0.2, 0) is 4.79 Å². The summed E-state index contributed by atoms with van der Waals surface area (Å²) in [7, 11) is 0. The van der Waals surface area contributed by atoms with Gasteiger partial charge in [-0.25, -0.2) is 9.37 Å². The maximum absolute atomic E-state index is 13.7. The lowest BCUT2D eigenvalue weighted by Crippen LogP contribution is -2.42. The van der Waals surface area contributed by atoms with Crippen molar-refractivity contribution < 1.29 is 14.0 Å². The molecule has 172 valence electrons. The Morgan fingerprint density at radius 3 is 2.41 bits per heavy atom. The van der Waals surface area contributed by atoms with Crippen molar-refractivity contribution in [2.24, 2.45) is 0 Å². The number of fused-ring (bicyclic) bond motifs is 1. The highest BCUT2D eigenvalue weighted by molar-refractivity contribution is 7.99. The largest absolute Gasteiger partial charge is 0.280 e. The maximum atomic E-state index is 13.7. The van der Waals surface area contributed by atoms with E-state index in [0.29, 0.717) is 16.1 Å². The minimum atomic E-state index is -0.769. The predicted molar refractivity (Wildman–Crippen MR) is 129 cm³/mol. The molecule has 2 amide bonds. The lowest BCUT2D eigenvalue weighted by Gasteiger charge is -2.20. The molecular weight excluding hydrogens is 455 g/mol. The summed E-state index contributed by atoms with van der Waals surface area (Å²) in [4.78, 5) is 42.4. The van der Waals surface area contributed by atoms with Crippen LogP contribution in [0.15, 0.2) is 88.8 Å². The van der Waals surface area contributed by atoms with E-state index in [1.165, 1.54) is 18.2 Å². The van der Waals surface area contributed by atoms with Crippen LogP contribution < -0.4 is 16.4 Å². The normalized spacial score (nSPS) is 11.7. The number of para-hydroxylation sites is 1. The van der Waals surface area contributed by atoms with Crippen LogP contribution in [0.25, 0.3) is 10.9 Å². The number of hydrogen-bond acceptors (Lipinski definition) is 5. The Morgan fingerprint density at radius 1 is 0.971 bits per heavy atom. The summed E-state index contributed by atoms with van der Waals surface area (Å²) in [6.07, 6.45) is 0. The number of benzene rings is 3. The summed E-state index contributed by atoms with van der Waals surface area (Å²) in [6, 6.07) is 21.7. The third kappa shape index (κ3) is 4.99. The molecule has 0 spiro atoms. The zero-order chi connectivity index (χ0) is 24.1. The number of hydrogen-bond donors (Lipinski definition) is 2. The van der Waals surface area contributed by atoms with E-state index >= 15 is 0 Å². The van der Waals surface area contributed by atoms with Crippen LogP contribution >= 0.6 is 11.8 Å². The zero-order valence-corrected chi connectivity index (χ0v) is 19.0. The van der Waals surface area contributed by atoms with Gasteiger partial charge in [0.1, 0.15) is 5.82 Å². The molecule has 0 bridgehead atoms. The molecule has 1 atom stereocenters. The molecule has 4 rings (SSSR count). The van der Waals surface area contributed by atoms with Crippen molar-refractivity contribution in [3.05, 3.63) is 106 Å². The number of nitrogens with one attached hydrogen (secondary N) is 2. The van der Waals surface area contributed by atoms with E-state index in [4.69, 9.17) is 0 Å². The molecule has 1 unspecified atom stereocenters. The average molecular weight is 477 g/mol. The van der Waals surface area contributed by atoms with Gasteiger partial charge < -0.3 is 0 Å². The van der Waals surface area contributed by atoms with Gasteiger partial charge in [-0.15, -0.1) is 0 Å². The fraction of sp³-hybridized carbons (Fsp3) is 0.120. The van der Waals surface area contributed by atoms with Crippen LogP contribution in [0.5, 0.6) is 0 Å². The van der Waals surface area contributed by atoms with E-state index in [1.54, 1.807) is 28.8 Å². The van der Waals surface area contributed by atoms with Gasteiger partial charge in [0.15, 0.2) is 5.16 Å².